The maximum atomic E-state index is 13.5. The van der Waals surface area contributed by atoms with Crippen molar-refractivity contribution in [3.05, 3.63) is 46.1 Å². The van der Waals surface area contributed by atoms with Gasteiger partial charge in [-0.15, -0.1) is 0 Å². The van der Waals surface area contributed by atoms with Gasteiger partial charge in [0, 0.05) is 12.1 Å². The van der Waals surface area contributed by atoms with Gasteiger partial charge in [-0.3, -0.25) is 0 Å². The molecule has 0 saturated heterocycles. The van der Waals surface area contributed by atoms with E-state index >= 15 is 0 Å². The molecule has 0 saturated carbocycles. The summed E-state index contributed by atoms with van der Waals surface area (Å²) in [6.07, 6.45) is 1.38. The number of sulfonamides is 1. The van der Waals surface area contributed by atoms with E-state index in [2.05, 4.69) is 20.9 Å². The van der Waals surface area contributed by atoms with Crippen molar-refractivity contribution in [1.82, 2.24) is 9.55 Å². The molecule has 0 aliphatic heterocycles. The third kappa shape index (κ3) is 3.50. The van der Waals surface area contributed by atoms with Crippen molar-refractivity contribution in [2.24, 2.45) is 5.14 Å². The molecule has 5 nitrogen and oxygen atoms in total. The Balaban J connectivity index is 2.48. The van der Waals surface area contributed by atoms with Crippen molar-refractivity contribution in [1.29, 1.82) is 0 Å². The Morgan fingerprint density at radius 1 is 1.43 bits per heavy atom. The van der Waals surface area contributed by atoms with Crippen LogP contribution in [0.25, 0.3) is 0 Å². The van der Waals surface area contributed by atoms with Crippen LogP contribution in [-0.4, -0.2) is 18.0 Å². The fourth-order valence-electron chi connectivity index (χ4n) is 1.98. The summed E-state index contributed by atoms with van der Waals surface area (Å²) in [6, 6.07) is 4.70. The fourth-order valence-corrected chi connectivity index (χ4v) is 2.87. The first-order chi connectivity index (χ1) is 9.70. The van der Waals surface area contributed by atoms with Crippen LogP contribution in [0.4, 0.5) is 4.39 Å². The lowest BCUT2D eigenvalue weighted by Crippen LogP contribution is -2.12. The van der Waals surface area contributed by atoms with Crippen LogP contribution in [0.1, 0.15) is 31.2 Å². The number of hydrogen-bond acceptors (Lipinski definition) is 3. The Labute approximate surface area is 131 Å². The zero-order chi connectivity index (χ0) is 15.8. The largest absolute Gasteiger partial charge is 0.329 e. The predicted molar refractivity (Wildman–Crippen MR) is 80.9 cm³/mol. The summed E-state index contributed by atoms with van der Waals surface area (Å²) in [4.78, 5) is 4.07. The monoisotopic (exact) mass is 375 g/mol. The van der Waals surface area contributed by atoms with Gasteiger partial charge in [-0.1, -0.05) is 26.0 Å². The summed E-state index contributed by atoms with van der Waals surface area (Å²) in [5, 5.41) is 4.93. The number of aromatic nitrogens is 2. The second-order valence-electron chi connectivity index (χ2n) is 4.98. The van der Waals surface area contributed by atoms with Gasteiger partial charge in [-0.25, -0.2) is 22.9 Å². The molecule has 0 atom stereocenters. The maximum Gasteiger partial charge on any atom is 0.257 e. The van der Waals surface area contributed by atoms with Crippen LogP contribution in [0.2, 0.25) is 0 Å². The number of halogens is 2. The summed E-state index contributed by atoms with van der Waals surface area (Å²) in [5.41, 5.74) is 0.690. The Morgan fingerprint density at radius 2 is 2.10 bits per heavy atom. The van der Waals surface area contributed by atoms with Crippen molar-refractivity contribution in [3.63, 3.8) is 0 Å². The molecule has 0 spiro atoms. The zero-order valence-corrected chi connectivity index (χ0v) is 13.9. The van der Waals surface area contributed by atoms with Crippen molar-refractivity contribution < 1.29 is 12.8 Å². The van der Waals surface area contributed by atoms with Crippen molar-refractivity contribution in [3.8, 4) is 0 Å². The molecule has 114 valence electrons. The van der Waals surface area contributed by atoms with E-state index in [1.54, 1.807) is 16.7 Å². The summed E-state index contributed by atoms with van der Waals surface area (Å²) in [6.45, 7) is 4.09. The smallest absolute Gasteiger partial charge is 0.257 e. The number of hydrogen-bond donors (Lipinski definition) is 1. The lowest BCUT2D eigenvalue weighted by molar-refractivity contribution is 0.594. The first-order valence-corrected chi connectivity index (χ1v) is 8.57. The van der Waals surface area contributed by atoms with E-state index in [0.717, 1.165) is 0 Å². The molecule has 0 unspecified atom stereocenters. The van der Waals surface area contributed by atoms with E-state index < -0.39 is 10.0 Å². The topological polar surface area (TPSA) is 78.0 Å². The SMILES string of the molecule is CC(C)c1nc(S(N)(=O)=O)cn1Cc1cccc(F)c1Br. The maximum absolute atomic E-state index is 13.5. The second kappa shape index (κ2) is 5.86. The lowest BCUT2D eigenvalue weighted by Gasteiger charge is -2.11. The molecule has 1 aromatic heterocycles. The molecular formula is C13H15BrFN3O2S. The van der Waals surface area contributed by atoms with Crippen LogP contribution in [0.15, 0.2) is 33.9 Å². The Bertz CT molecular complexity index is 772. The highest BCUT2D eigenvalue weighted by atomic mass is 79.9. The van der Waals surface area contributed by atoms with Crippen LogP contribution in [0.5, 0.6) is 0 Å². The third-order valence-electron chi connectivity index (χ3n) is 2.97. The average Bonchev–Trinajstić information content (AvgIpc) is 2.79. The normalized spacial score (nSPS) is 12.1. The van der Waals surface area contributed by atoms with Gasteiger partial charge in [0.25, 0.3) is 10.0 Å². The van der Waals surface area contributed by atoms with Crippen LogP contribution < -0.4 is 5.14 Å². The highest BCUT2D eigenvalue weighted by Gasteiger charge is 2.19. The molecule has 0 radical (unpaired) electrons. The molecule has 2 aromatic rings. The molecule has 8 heteroatoms. The summed E-state index contributed by atoms with van der Waals surface area (Å²) >= 11 is 3.19. The van der Waals surface area contributed by atoms with Crippen LogP contribution >= 0.6 is 15.9 Å². The Hall–Kier alpha value is -1.25. The average molecular weight is 376 g/mol. The minimum Gasteiger partial charge on any atom is -0.329 e. The summed E-state index contributed by atoms with van der Waals surface area (Å²) < 4.78 is 38.4. The number of nitrogens with zero attached hydrogens (tertiary/aromatic N) is 2. The molecule has 0 amide bonds. The van der Waals surface area contributed by atoms with Gasteiger partial charge in [0.05, 0.1) is 11.0 Å². The van der Waals surface area contributed by atoms with E-state index in [9.17, 15) is 12.8 Å². The molecule has 0 fully saturated rings. The molecule has 21 heavy (non-hydrogen) atoms. The molecule has 2 rings (SSSR count). The number of nitrogens with two attached hydrogens (primary N) is 1. The zero-order valence-electron chi connectivity index (χ0n) is 11.5. The molecule has 0 aliphatic rings. The molecule has 1 aromatic carbocycles. The van der Waals surface area contributed by atoms with E-state index in [-0.39, 0.29) is 16.8 Å². The van der Waals surface area contributed by atoms with Crippen LogP contribution in [0, 0.1) is 5.82 Å². The van der Waals surface area contributed by atoms with Gasteiger partial charge in [0.2, 0.25) is 0 Å². The number of imidazole rings is 1. The Morgan fingerprint density at radius 3 is 2.67 bits per heavy atom. The van der Waals surface area contributed by atoms with Crippen molar-refractivity contribution >= 4 is 26.0 Å². The highest BCUT2D eigenvalue weighted by Crippen LogP contribution is 2.24. The molecule has 1 heterocycles. The first-order valence-electron chi connectivity index (χ1n) is 6.23. The van der Waals surface area contributed by atoms with Gasteiger partial charge < -0.3 is 4.57 Å². The van der Waals surface area contributed by atoms with E-state index in [1.807, 2.05) is 13.8 Å². The minimum absolute atomic E-state index is 0.00725. The van der Waals surface area contributed by atoms with Gasteiger partial charge >= 0.3 is 0 Å². The summed E-state index contributed by atoms with van der Waals surface area (Å²) in [5.74, 6) is 0.216. The first kappa shape index (κ1) is 16.1. The van der Waals surface area contributed by atoms with Gasteiger partial charge in [-0.2, -0.15) is 0 Å². The molecular weight excluding hydrogens is 361 g/mol. The quantitative estimate of drug-likeness (QED) is 0.891. The Kier molecular flexibility index (Phi) is 4.50. The number of rotatable bonds is 4. The fraction of sp³-hybridized carbons (Fsp3) is 0.308. The van der Waals surface area contributed by atoms with Gasteiger partial charge in [0.15, 0.2) is 5.03 Å². The van der Waals surface area contributed by atoms with E-state index in [0.29, 0.717) is 22.4 Å². The predicted octanol–water partition coefficient (Wildman–Crippen LogP) is 2.60. The lowest BCUT2D eigenvalue weighted by atomic mass is 10.2. The molecule has 2 N–H and O–H groups in total. The van der Waals surface area contributed by atoms with Crippen LogP contribution in [0.3, 0.4) is 0 Å². The summed E-state index contributed by atoms with van der Waals surface area (Å²) in [7, 11) is -3.87. The van der Waals surface area contributed by atoms with Crippen molar-refractivity contribution in [2.75, 3.05) is 0 Å². The molecule has 0 aliphatic carbocycles. The van der Waals surface area contributed by atoms with Crippen LogP contribution in [-0.2, 0) is 16.6 Å². The van der Waals surface area contributed by atoms with Gasteiger partial charge in [0.1, 0.15) is 11.6 Å². The minimum atomic E-state index is -3.87. The molecule has 0 bridgehead atoms. The van der Waals surface area contributed by atoms with E-state index in [4.69, 9.17) is 5.14 Å². The standard InChI is InChI=1S/C13H15BrFN3O2S/c1-8(2)13-17-11(21(16,19)20)7-18(13)6-9-4-3-5-10(15)12(9)14/h3-5,7-8H,6H2,1-2H3,(H2,16,19,20). The van der Waals surface area contributed by atoms with Gasteiger partial charge in [-0.05, 0) is 27.6 Å². The highest BCUT2D eigenvalue weighted by molar-refractivity contribution is 9.10. The van der Waals surface area contributed by atoms with E-state index in [1.165, 1.54) is 12.3 Å². The number of benzene rings is 1. The number of primary sulfonamides is 1. The third-order valence-corrected chi connectivity index (χ3v) is 4.63. The van der Waals surface area contributed by atoms with Crippen molar-refractivity contribution in [2.45, 2.75) is 31.3 Å². The second-order valence-corrected chi connectivity index (χ2v) is 7.28.